The van der Waals surface area contributed by atoms with E-state index in [2.05, 4.69) is 0 Å². The minimum absolute atomic E-state index is 0.259. The predicted molar refractivity (Wildman–Crippen MR) is 65.9 cm³/mol. The summed E-state index contributed by atoms with van der Waals surface area (Å²) in [6, 6.07) is 14.8. The first-order valence-electron chi connectivity index (χ1n) is 4.92. The number of aromatic hydroxyl groups is 1. The summed E-state index contributed by atoms with van der Waals surface area (Å²) in [5.74, 6) is -0.609. The highest BCUT2D eigenvalue weighted by Gasteiger charge is 1.98. The van der Waals surface area contributed by atoms with Crippen LogP contribution in [0.5, 0.6) is 5.75 Å². The van der Waals surface area contributed by atoms with Crippen LogP contribution in [-0.4, -0.2) is 16.2 Å². The van der Waals surface area contributed by atoms with Crippen LogP contribution >= 0.6 is 0 Å². The molecule has 2 aromatic carbocycles. The molecule has 0 saturated heterocycles. The van der Waals surface area contributed by atoms with E-state index in [4.69, 9.17) is 15.9 Å². The van der Waals surface area contributed by atoms with Gasteiger partial charge in [0.15, 0.2) is 0 Å². The van der Waals surface area contributed by atoms with Gasteiger partial charge in [0.2, 0.25) is 0 Å². The molecule has 0 radical (unpaired) electrons. The number of carboxylic acid groups (broad SMARTS) is 1. The number of aromatic carboxylic acids is 1. The summed E-state index contributed by atoms with van der Waals surface area (Å²) in [5, 5.41) is 17.1. The molecule has 0 amide bonds. The van der Waals surface area contributed by atoms with Crippen LogP contribution in [0.3, 0.4) is 0 Å². The lowest BCUT2D eigenvalue weighted by Crippen LogP contribution is -1.95. The Hall–Kier alpha value is -2.49. The second-order valence-electron chi connectivity index (χ2n) is 3.26. The van der Waals surface area contributed by atoms with Crippen molar-refractivity contribution >= 4 is 11.7 Å². The summed E-state index contributed by atoms with van der Waals surface area (Å²) in [7, 11) is 0. The first-order chi connectivity index (χ1) is 8.09. The first kappa shape index (κ1) is 12.6. The van der Waals surface area contributed by atoms with Crippen molar-refractivity contribution in [2.45, 2.75) is 0 Å². The minimum atomic E-state index is -0.931. The number of hydrogen-bond acceptors (Lipinski definition) is 3. The van der Waals surface area contributed by atoms with Gasteiger partial charge in [-0.15, -0.1) is 0 Å². The molecule has 0 saturated carbocycles. The van der Waals surface area contributed by atoms with Crippen molar-refractivity contribution in [1.82, 2.24) is 0 Å². The normalized spacial score (nSPS) is 8.94. The van der Waals surface area contributed by atoms with Gasteiger partial charge in [-0.1, -0.05) is 18.2 Å². The third kappa shape index (κ3) is 4.70. The van der Waals surface area contributed by atoms with E-state index in [-0.39, 0.29) is 5.56 Å². The van der Waals surface area contributed by atoms with Gasteiger partial charge in [0.1, 0.15) is 5.75 Å². The highest BCUT2D eigenvalue weighted by atomic mass is 16.4. The monoisotopic (exact) mass is 231 g/mol. The molecule has 88 valence electrons. The molecule has 0 aromatic heterocycles. The van der Waals surface area contributed by atoms with Gasteiger partial charge in [-0.05, 0) is 36.4 Å². The van der Waals surface area contributed by atoms with Gasteiger partial charge in [0.25, 0.3) is 0 Å². The van der Waals surface area contributed by atoms with Crippen LogP contribution in [0.1, 0.15) is 10.4 Å². The van der Waals surface area contributed by atoms with E-state index in [9.17, 15) is 4.79 Å². The molecule has 4 heteroatoms. The molecule has 0 aliphatic rings. The maximum absolute atomic E-state index is 10.3. The molecule has 0 aliphatic heterocycles. The zero-order valence-corrected chi connectivity index (χ0v) is 9.08. The number of benzene rings is 2. The van der Waals surface area contributed by atoms with Gasteiger partial charge < -0.3 is 15.9 Å². The van der Waals surface area contributed by atoms with Crippen LogP contribution in [0.25, 0.3) is 0 Å². The number of phenols is 1. The number of nitrogens with two attached hydrogens (primary N) is 1. The number of hydrogen-bond donors (Lipinski definition) is 3. The van der Waals surface area contributed by atoms with E-state index in [1.165, 1.54) is 12.1 Å². The summed E-state index contributed by atoms with van der Waals surface area (Å²) in [6.45, 7) is 0. The Bertz CT molecular complexity index is 466. The summed E-state index contributed by atoms with van der Waals surface area (Å²) >= 11 is 0. The van der Waals surface area contributed by atoms with E-state index in [1.54, 1.807) is 36.4 Å². The Kier molecular flexibility index (Phi) is 4.57. The molecule has 0 unspecified atom stereocenters. The molecule has 4 N–H and O–H groups in total. The minimum Gasteiger partial charge on any atom is -0.508 e. The topological polar surface area (TPSA) is 83.6 Å². The van der Waals surface area contributed by atoms with Crippen molar-refractivity contribution in [3.8, 4) is 5.75 Å². The molecule has 0 atom stereocenters. The standard InChI is InChI=1S/C7H7NO2.C6H6O/c8-6-3-1-5(2-4-6)7(9)10;7-6-4-2-1-3-5-6/h1-4H,8H2,(H,9,10);1-5,7H. The van der Waals surface area contributed by atoms with Gasteiger partial charge in [-0.25, -0.2) is 4.79 Å². The van der Waals surface area contributed by atoms with Gasteiger partial charge in [-0.3, -0.25) is 0 Å². The number of phenolic OH excluding ortho intramolecular Hbond substituents is 1. The van der Waals surface area contributed by atoms with Crippen LogP contribution in [-0.2, 0) is 0 Å². The smallest absolute Gasteiger partial charge is 0.335 e. The number of rotatable bonds is 1. The number of anilines is 1. The third-order valence-electron chi connectivity index (χ3n) is 1.91. The fraction of sp³-hybridized carbons (Fsp3) is 0. The van der Waals surface area contributed by atoms with Crippen molar-refractivity contribution in [2.24, 2.45) is 0 Å². The quantitative estimate of drug-likeness (QED) is 0.658. The summed E-state index contributed by atoms with van der Waals surface area (Å²) < 4.78 is 0. The van der Waals surface area contributed by atoms with E-state index in [0.29, 0.717) is 11.4 Å². The Morgan fingerprint density at radius 1 is 0.941 bits per heavy atom. The van der Waals surface area contributed by atoms with Crippen molar-refractivity contribution in [2.75, 3.05) is 5.73 Å². The van der Waals surface area contributed by atoms with Crippen molar-refractivity contribution in [1.29, 1.82) is 0 Å². The van der Waals surface area contributed by atoms with Crippen LogP contribution < -0.4 is 5.73 Å². The molecule has 0 aliphatic carbocycles. The fourth-order valence-electron chi connectivity index (χ4n) is 1.05. The molecular formula is C13H13NO3. The molecule has 0 fully saturated rings. The predicted octanol–water partition coefficient (Wildman–Crippen LogP) is 2.36. The largest absolute Gasteiger partial charge is 0.508 e. The average molecular weight is 231 g/mol. The molecular weight excluding hydrogens is 218 g/mol. The Morgan fingerprint density at radius 3 is 1.82 bits per heavy atom. The molecule has 0 spiro atoms. The number of nitrogen functional groups attached to an aromatic ring is 1. The van der Waals surface area contributed by atoms with Crippen molar-refractivity contribution in [3.05, 3.63) is 60.2 Å². The lowest BCUT2D eigenvalue weighted by molar-refractivity contribution is 0.0697. The highest BCUT2D eigenvalue weighted by Crippen LogP contribution is 2.04. The summed E-state index contributed by atoms with van der Waals surface area (Å²) in [4.78, 5) is 10.3. The molecule has 17 heavy (non-hydrogen) atoms. The molecule has 0 bridgehead atoms. The Balaban J connectivity index is 0.000000181. The van der Waals surface area contributed by atoms with Gasteiger partial charge in [0.05, 0.1) is 5.56 Å². The first-order valence-corrected chi connectivity index (χ1v) is 4.92. The fourth-order valence-corrected chi connectivity index (χ4v) is 1.05. The van der Waals surface area contributed by atoms with E-state index < -0.39 is 5.97 Å². The highest BCUT2D eigenvalue weighted by molar-refractivity contribution is 5.87. The van der Waals surface area contributed by atoms with Gasteiger partial charge in [-0.2, -0.15) is 0 Å². The van der Waals surface area contributed by atoms with Crippen LogP contribution in [0.4, 0.5) is 5.69 Å². The zero-order valence-electron chi connectivity index (χ0n) is 9.08. The molecule has 4 nitrogen and oxygen atoms in total. The summed E-state index contributed by atoms with van der Waals surface area (Å²) in [5.41, 5.74) is 6.17. The average Bonchev–Trinajstić information content (AvgIpc) is 2.31. The van der Waals surface area contributed by atoms with Gasteiger partial charge in [0, 0.05) is 5.69 Å². The lowest BCUT2D eigenvalue weighted by Gasteiger charge is -1.93. The second kappa shape index (κ2) is 6.17. The van der Waals surface area contributed by atoms with Crippen molar-refractivity contribution < 1.29 is 15.0 Å². The Labute approximate surface area is 98.9 Å². The van der Waals surface area contributed by atoms with E-state index in [1.807, 2.05) is 6.07 Å². The van der Waals surface area contributed by atoms with Gasteiger partial charge >= 0.3 is 5.97 Å². The maximum atomic E-state index is 10.3. The van der Waals surface area contributed by atoms with Crippen LogP contribution in [0.2, 0.25) is 0 Å². The lowest BCUT2D eigenvalue weighted by atomic mass is 10.2. The van der Waals surface area contributed by atoms with Crippen molar-refractivity contribution in [3.63, 3.8) is 0 Å². The van der Waals surface area contributed by atoms with Crippen LogP contribution in [0, 0.1) is 0 Å². The van der Waals surface area contributed by atoms with E-state index in [0.717, 1.165) is 0 Å². The Morgan fingerprint density at radius 2 is 1.47 bits per heavy atom. The maximum Gasteiger partial charge on any atom is 0.335 e. The number of para-hydroxylation sites is 1. The molecule has 0 heterocycles. The number of carbonyl (C=O) groups is 1. The molecule has 2 rings (SSSR count). The zero-order chi connectivity index (χ0) is 12.7. The van der Waals surface area contributed by atoms with Crippen LogP contribution in [0.15, 0.2) is 54.6 Å². The van der Waals surface area contributed by atoms with E-state index >= 15 is 0 Å². The number of carboxylic acids is 1. The second-order valence-corrected chi connectivity index (χ2v) is 3.26. The summed E-state index contributed by atoms with van der Waals surface area (Å²) in [6.07, 6.45) is 0. The third-order valence-corrected chi connectivity index (χ3v) is 1.91. The SMILES string of the molecule is Nc1ccc(C(=O)O)cc1.Oc1ccccc1. The molecule has 2 aromatic rings.